The van der Waals surface area contributed by atoms with E-state index in [4.69, 9.17) is 0 Å². The van der Waals surface area contributed by atoms with Gasteiger partial charge in [0, 0.05) is 0 Å². The lowest BCUT2D eigenvalue weighted by Gasteiger charge is -2.06. The molecule has 2 aliphatic rings. The van der Waals surface area contributed by atoms with E-state index >= 15 is 0 Å². The average Bonchev–Trinajstić information content (AvgIpc) is 2.31. The highest BCUT2D eigenvalue weighted by Crippen LogP contribution is 2.35. The van der Waals surface area contributed by atoms with Gasteiger partial charge in [0.2, 0.25) is 0 Å². The van der Waals surface area contributed by atoms with Crippen LogP contribution in [0.15, 0.2) is 36.4 Å². The first-order chi connectivity index (χ1) is 6.70. The van der Waals surface area contributed by atoms with Gasteiger partial charge in [-0.05, 0) is 35.1 Å². The summed E-state index contributed by atoms with van der Waals surface area (Å²) in [7, 11) is 0. The number of aryl methyl sites for hydroxylation is 1. The summed E-state index contributed by atoms with van der Waals surface area (Å²) >= 11 is 0. The molecule has 0 aromatic carbocycles. The quantitative estimate of drug-likeness (QED) is 0.622. The van der Waals surface area contributed by atoms with Gasteiger partial charge in [-0.3, -0.25) is 0 Å². The lowest BCUT2D eigenvalue weighted by Crippen LogP contribution is -1.88. The van der Waals surface area contributed by atoms with Crippen LogP contribution in [0, 0.1) is 6.92 Å². The molecule has 0 nitrogen and oxygen atoms in total. The van der Waals surface area contributed by atoms with Crippen LogP contribution in [0.3, 0.4) is 0 Å². The van der Waals surface area contributed by atoms with Gasteiger partial charge in [0.1, 0.15) is 0 Å². The average molecular weight is 184 g/mol. The second-order valence-corrected chi connectivity index (χ2v) is 4.18. The van der Waals surface area contributed by atoms with Gasteiger partial charge in [0.25, 0.3) is 0 Å². The summed E-state index contributed by atoms with van der Waals surface area (Å²) in [6, 6.07) is 13.0. The van der Waals surface area contributed by atoms with Gasteiger partial charge >= 0.3 is 0 Å². The van der Waals surface area contributed by atoms with Crippen LogP contribution in [0.1, 0.15) is 30.9 Å². The molecule has 72 valence electrons. The third kappa shape index (κ3) is 1.41. The molecule has 0 saturated heterocycles. The maximum absolute atomic E-state index is 2.28. The first-order valence-electron chi connectivity index (χ1n) is 5.18. The van der Waals surface area contributed by atoms with Crippen molar-refractivity contribution in [3.8, 4) is 11.1 Å². The van der Waals surface area contributed by atoms with Crippen LogP contribution >= 0.6 is 0 Å². The van der Waals surface area contributed by atoms with Crippen LogP contribution in [-0.2, 0) is 0 Å². The second kappa shape index (κ2) is 3.45. The van der Waals surface area contributed by atoms with E-state index in [1.165, 1.54) is 22.3 Å². The van der Waals surface area contributed by atoms with E-state index in [0.29, 0.717) is 5.92 Å². The highest BCUT2D eigenvalue weighted by molar-refractivity contribution is 5.73. The van der Waals surface area contributed by atoms with Crippen molar-refractivity contribution in [3.63, 3.8) is 0 Å². The van der Waals surface area contributed by atoms with E-state index in [1.807, 2.05) is 0 Å². The largest absolute Gasteiger partial charge is 0.0622 e. The normalized spacial score (nSPS) is 11.1. The Morgan fingerprint density at radius 2 is 1.71 bits per heavy atom. The Morgan fingerprint density at radius 3 is 2.43 bits per heavy atom. The van der Waals surface area contributed by atoms with Gasteiger partial charge in [-0.2, -0.15) is 0 Å². The van der Waals surface area contributed by atoms with Crippen LogP contribution in [-0.4, -0.2) is 0 Å². The molecule has 0 heterocycles. The van der Waals surface area contributed by atoms with Gasteiger partial charge in [-0.25, -0.2) is 0 Å². The molecular formula is C14H16. The molecule has 0 aromatic heterocycles. The first-order valence-corrected chi connectivity index (χ1v) is 5.18. The summed E-state index contributed by atoms with van der Waals surface area (Å²) in [5.41, 5.74) is 5.68. The Bertz CT molecular complexity index is 413. The van der Waals surface area contributed by atoms with Crippen molar-refractivity contribution in [2.24, 2.45) is 0 Å². The Labute approximate surface area is 85.9 Å². The first kappa shape index (κ1) is 9.26. The molecular weight excluding hydrogens is 168 g/mol. The van der Waals surface area contributed by atoms with Crippen molar-refractivity contribution < 1.29 is 0 Å². The predicted octanol–water partition coefficient (Wildman–Crippen LogP) is 4.22. The van der Waals surface area contributed by atoms with E-state index in [-0.39, 0.29) is 0 Å². The van der Waals surface area contributed by atoms with Gasteiger partial charge in [-0.1, -0.05) is 50.2 Å². The van der Waals surface area contributed by atoms with Crippen molar-refractivity contribution in [2.75, 3.05) is 0 Å². The van der Waals surface area contributed by atoms with Crippen LogP contribution in [0.5, 0.6) is 0 Å². The number of hydrogen-bond acceptors (Lipinski definition) is 0. The molecule has 2 rings (SSSR count). The molecule has 0 unspecified atom stereocenters. The van der Waals surface area contributed by atoms with E-state index in [9.17, 15) is 0 Å². The molecule has 14 heavy (non-hydrogen) atoms. The zero-order chi connectivity index (χ0) is 10.1. The number of rotatable bonds is 1. The Kier molecular flexibility index (Phi) is 2.28. The molecule has 0 amide bonds. The summed E-state index contributed by atoms with van der Waals surface area (Å²) in [4.78, 5) is 0. The van der Waals surface area contributed by atoms with Gasteiger partial charge in [0.15, 0.2) is 0 Å². The van der Waals surface area contributed by atoms with Crippen LogP contribution in [0.2, 0.25) is 0 Å². The Hall–Kier alpha value is -1.30. The van der Waals surface area contributed by atoms with Gasteiger partial charge in [-0.15, -0.1) is 0 Å². The lowest BCUT2D eigenvalue weighted by atomic mass is 9.98. The third-order valence-electron chi connectivity index (χ3n) is 2.74. The minimum absolute atomic E-state index is 0.606. The fourth-order valence-corrected chi connectivity index (χ4v) is 2.22. The van der Waals surface area contributed by atoms with Gasteiger partial charge in [0.05, 0.1) is 0 Å². The van der Waals surface area contributed by atoms with Crippen LogP contribution in [0.4, 0.5) is 0 Å². The maximum atomic E-state index is 2.28. The molecule has 0 N–H and O–H groups in total. The summed E-state index contributed by atoms with van der Waals surface area (Å²) < 4.78 is 0. The van der Waals surface area contributed by atoms with Crippen molar-refractivity contribution in [2.45, 2.75) is 26.7 Å². The summed E-state index contributed by atoms with van der Waals surface area (Å²) in [6.07, 6.45) is 0. The van der Waals surface area contributed by atoms with Crippen LogP contribution < -0.4 is 0 Å². The molecule has 0 fully saturated rings. The highest BCUT2D eigenvalue weighted by atomic mass is 14.2. The molecule has 0 spiro atoms. The molecule has 0 aliphatic heterocycles. The summed E-state index contributed by atoms with van der Waals surface area (Å²) in [6.45, 7) is 6.72. The Balaban J connectivity index is 2.71. The highest BCUT2D eigenvalue weighted by Gasteiger charge is 2.13. The molecule has 0 aromatic rings. The van der Waals surface area contributed by atoms with Crippen molar-refractivity contribution in [1.82, 2.24) is 0 Å². The zero-order valence-corrected chi connectivity index (χ0v) is 9.04. The predicted molar refractivity (Wildman–Crippen MR) is 61.9 cm³/mol. The molecule has 0 atom stereocenters. The fourth-order valence-electron chi connectivity index (χ4n) is 2.22. The monoisotopic (exact) mass is 184 g/mol. The third-order valence-corrected chi connectivity index (χ3v) is 2.74. The van der Waals surface area contributed by atoms with E-state index in [1.54, 1.807) is 0 Å². The molecule has 0 radical (unpaired) electrons. The topological polar surface area (TPSA) is 0 Å². The van der Waals surface area contributed by atoms with E-state index < -0.39 is 0 Å². The minimum atomic E-state index is 0.606. The molecule has 0 saturated carbocycles. The van der Waals surface area contributed by atoms with E-state index in [0.717, 1.165) is 0 Å². The molecule has 2 aliphatic carbocycles. The second-order valence-electron chi connectivity index (χ2n) is 4.18. The van der Waals surface area contributed by atoms with Gasteiger partial charge < -0.3 is 0 Å². The van der Waals surface area contributed by atoms with Crippen molar-refractivity contribution >= 4 is 0 Å². The maximum Gasteiger partial charge on any atom is -0.0147 e. The number of hydrogen-bond donors (Lipinski definition) is 0. The SMILES string of the molecule is Cc1cc2cccccc-2c1C(C)C. The summed E-state index contributed by atoms with van der Waals surface area (Å²) in [5, 5.41) is 0. The minimum Gasteiger partial charge on any atom is -0.0622 e. The zero-order valence-electron chi connectivity index (χ0n) is 9.04. The van der Waals surface area contributed by atoms with Crippen molar-refractivity contribution in [1.29, 1.82) is 0 Å². The van der Waals surface area contributed by atoms with Crippen molar-refractivity contribution in [3.05, 3.63) is 47.5 Å². The molecule has 0 bridgehead atoms. The standard InChI is InChI=1S/C14H16/c1-10(2)14-11(3)9-12-7-5-4-6-8-13(12)14/h4-10H,1-3H3. The van der Waals surface area contributed by atoms with Crippen LogP contribution in [0.25, 0.3) is 11.1 Å². The van der Waals surface area contributed by atoms with E-state index in [2.05, 4.69) is 57.2 Å². The smallest absolute Gasteiger partial charge is 0.0147 e. The fraction of sp³-hybridized carbons (Fsp3) is 0.286. The number of fused-ring (bicyclic) bond motifs is 1. The molecule has 0 heteroatoms. The Morgan fingerprint density at radius 1 is 1.00 bits per heavy atom. The lowest BCUT2D eigenvalue weighted by molar-refractivity contribution is 0.865. The summed E-state index contributed by atoms with van der Waals surface area (Å²) in [5.74, 6) is 0.606.